The highest BCUT2D eigenvalue weighted by Gasteiger charge is 2.48. The minimum absolute atomic E-state index is 0.0158. The summed E-state index contributed by atoms with van der Waals surface area (Å²) in [6.07, 6.45) is 7.68. The lowest BCUT2D eigenvalue weighted by molar-refractivity contribution is -0.119. The molecule has 41 heavy (non-hydrogen) atoms. The number of tetrazole rings is 1. The smallest absolute Gasteiger partial charge is 0.270 e. The molecule has 3 aromatic heterocycles. The topological polar surface area (TPSA) is 137 Å². The number of hydrogen-bond donors (Lipinski definition) is 2. The van der Waals surface area contributed by atoms with Crippen molar-refractivity contribution in [1.82, 2.24) is 45.1 Å². The zero-order valence-corrected chi connectivity index (χ0v) is 23.2. The molecule has 0 radical (unpaired) electrons. The van der Waals surface area contributed by atoms with E-state index in [2.05, 4.69) is 36.4 Å². The summed E-state index contributed by atoms with van der Waals surface area (Å²) in [6.45, 7) is 4.46. The molecule has 0 bridgehead atoms. The van der Waals surface area contributed by atoms with Crippen LogP contribution in [0, 0.1) is 23.7 Å². The number of amides is 2. The van der Waals surface area contributed by atoms with Crippen molar-refractivity contribution < 1.29 is 18.4 Å². The summed E-state index contributed by atoms with van der Waals surface area (Å²) in [7, 11) is 0. The van der Waals surface area contributed by atoms with Crippen LogP contribution >= 0.6 is 0 Å². The predicted molar refractivity (Wildman–Crippen MR) is 143 cm³/mol. The van der Waals surface area contributed by atoms with Crippen LogP contribution in [-0.2, 0) is 11.3 Å². The fourth-order valence-electron chi connectivity index (χ4n) is 5.77. The molecule has 220 valence electrons. The van der Waals surface area contributed by atoms with Gasteiger partial charge in [0.25, 0.3) is 5.91 Å². The zero-order valence-electron chi connectivity index (χ0n) is 23.2. The maximum Gasteiger partial charge on any atom is 0.270 e. The van der Waals surface area contributed by atoms with E-state index >= 15 is 0 Å². The third kappa shape index (κ3) is 6.30. The number of aromatic nitrogens is 8. The van der Waals surface area contributed by atoms with Gasteiger partial charge in [0.1, 0.15) is 17.8 Å². The lowest BCUT2D eigenvalue weighted by Crippen LogP contribution is -2.50. The standard InChI is InChI=1S/C27H36F2N10O2/c1-15(2)39-20(9-10-30-39)26(40)33-24(23(17-5-6-17)18-7-8-18)27(41)32-19-12-31-37(14-19)21(11-22(28)29)25-34-35-36-38(25)13-16-3-4-16/h9-10,12,14-18,21-24H,3-8,11,13H2,1-2H3,(H,32,41)(H,33,40)/t21?,24-/m0/s1. The van der Waals surface area contributed by atoms with Crippen LogP contribution in [0.2, 0.25) is 0 Å². The summed E-state index contributed by atoms with van der Waals surface area (Å²) >= 11 is 0. The Balaban J connectivity index is 1.22. The second-order valence-electron chi connectivity index (χ2n) is 12.0. The number of carbonyl (C=O) groups is 2. The molecule has 2 N–H and O–H groups in total. The van der Waals surface area contributed by atoms with Gasteiger partial charge in [0.15, 0.2) is 5.82 Å². The number of carbonyl (C=O) groups excluding carboxylic acids is 2. The van der Waals surface area contributed by atoms with Gasteiger partial charge >= 0.3 is 0 Å². The van der Waals surface area contributed by atoms with E-state index in [-0.39, 0.29) is 23.8 Å². The molecule has 6 rings (SSSR count). The van der Waals surface area contributed by atoms with E-state index in [4.69, 9.17) is 0 Å². The van der Waals surface area contributed by atoms with Gasteiger partial charge in [0.2, 0.25) is 12.3 Å². The Hall–Kier alpha value is -3.71. The number of rotatable bonds is 14. The lowest BCUT2D eigenvalue weighted by atomic mass is 9.88. The maximum atomic E-state index is 13.8. The van der Waals surface area contributed by atoms with Gasteiger partial charge < -0.3 is 10.6 Å². The largest absolute Gasteiger partial charge is 0.339 e. The van der Waals surface area contributed by atoms with Gasteiger partial charge in [0.05, 0.1) is 11.9 Å². The van der Waals surface area contributed by atoms with Gasteiger partial charge in [-0.25, -0.2) is 13.5 Å². The molecule has 3 saturated carbocycles. The molecule has 12 nitrogen and oxygen atoms in total. The van der Waals surface area contributed by atoms with E-state index in [9.17, 15) is 18.4 Å². The van der Waals surface area contributed by atoms with Crippen molar-refractivity contribution in [1.29, 1.82) is 0 Å². The first-order valence-electron chi connectivity index (χ1n) is 14.5. The first-order valence-corrected chi connectivity index (χ1v) is 14.5. The summed E-state index contributed by atoms with van der Waals surface area (Å²) < 4.78 is 31.8. The third-order valence-electron chi connectivity index (χ3n) is 8.25. The molecule has 2 atom stereocenters. The van der Waals surface area contributed by atoms with Crippen LogP contribution in [-0.4, -0.2) is 64.0 Å². The van der Waals surface area contributed by atoms with E-state index in [1.54, 1.807) is 21.6 Å². The fraction of sp³-hybridized carbons (Fsp3) is 0.667. The fourth-order valence-corrected chi connectivity index (χ4v) is 5.77. The second kappa shape index (κ2) is 11.3. The number of nitrogens with one attached hydrogen (secondary N) is 2. The summed E-state index contributed by atoms with van der Waals surface area (Å²) in [4.78, 5) is 27.1. The minimum atomic E-state index is -2.61. The molecular formula is C27H36F2N10O2. The SMILES string of the molecule is CC(C)n1nccc1C(=O)N[C@H](C(=O)Nc1cnn(C(CC(F)F)c2nnnn2CC2CC2)c1)C(C1CC1)C1CC1. The highest BCUT2D eigenvalue weighted by molar-refractivity contribution is 6.00. The van der Waals surface area contributed by atoms with Crippen molar-refractivity contribution in [2.24, 2.45) is 23.7 Å². The van der Waals surface area contributed by atoms with Gasteiger partial charge in [-0.2, -0.15) is 10.2 Å². The van der Waals surface area contributed by atoms with E-state index in [1.165, 1.54) is 17.1 Å². The van der Waals surface area contributed by atoms with Gasteiger partial charge in [-0.1, -0.05) is 0 Å². The quantitative estimate of drug-likeness (QED) is 0.303. The monoisotopic (exact) mass is 570 g/mol. The first-order chi connectivity index (χ1) is 19.8. The Morgan fingerprint density at radius 1 is 1.07 bits per heavy atom. The Bertz CT molecular complexity index is 1360. The van der Waals surface area contributed by atoms with E-state index in [0.29, 0.717) is 41.5 Å². The third-order valence-corrected chi connectivity index (χ3v) is 8.25. The highest BCUT2D eigenvalue weighted by atomic mass is 19.3. The Morgan fingerprint density at radius 3 is 2.44 bits per heavy atom. The molecule has 14 heteroatoms. The molecule has 3 fully saturated rings. The number of nitrogens with zero attached hydrogens (tertiary/aromatic N) is 8. The first kappa shape index (κ1) is 27.5. The number of alkyl halides is 2. The number of anilines is 1. The van der Waals surface area contributed by atoms with E-state index < -0.39 is 24.9 Å². The van der Waals surface area contributed by atoms with Crippen molar-refractivity contribution in [2.45, 2.75) is 89.9 Å². The summed E-state index contributed by atoms with van der Waals surface area (Å²) in [5, 5.41) is 26.3. The second-order valence-corrected chi connectivity index (χ2v) is 12.0. The van der Waals surface area contributed by atoms with Gasteiger partial charge in [0, 0.05) is 31.4 Å². The predicted octanol–water partition coefficient (Wildman–Crippen LogP) is 3.47. The number of halogens is 2. The molecule has 0 saturated heterocycles. The Morgan fingerprint density at radius 2 is 1.80 bits per heavy atom. The maximum absolute atomic E-state index is 13.8. The van der Waals surface area contributed by atoms with Gasteiger partial charge in [-0.15, -0.1) is 5.10 Å². The summed E-state index contributed by atoms with van der Waals surface area (Å²) in [5.41, 5.74) is 0.752. The zero-order chi connectivity index (χ0) is 28.7. The van der Waals surface area contributed by atoms with Gasteiger partial charge in [-0.3, -0.25) is 19.0 Å². The molecule has 3 aliphatic rings. The molecule has 3 aromatic rings. The highest BCUT2D eigenvalue weighted by Crippen LogP contribution is 2.51. The van der Waals surface area contributed by atoms with Crippen LogP contribution in [0.25, 0.3) is 0 Å². The minimum Gasteiger partial charge on any atom is -0.339 e. The van der Waals surface area contributed by atoms with Crippen molar-refractivity contribution >= 4 is 17.5 Å². The van der Waals surface area contributed by atoms with Crippen LogP contribution in [0.15, 0.2) is 24.7 Å². The van der Waals surface area contributed by atoms with Crippen LogP contribution in [0.1, 0.15) is 87.2 Å². The average Bonchev–Trinajstić information content (AvgIpc) is 3.90. The average molecular weight is 571 g/mol. The molecular weight excluding hydrogens is 534 g/mol. The van der Waals surface area contributed by atoms with Crippen LogP contribution in [0.3, 0.4) is 0 Å². The summed E-state index contributed by atoms with van der Waals surface area (Å²) in [6, 6.07) is -0.00802. The van der Waals surface area contributed by atoms with Crippen LogP contribution in [0.4, 0.5) is 14.5 Å². The molecule has 3 aliphatic carbocycles. The van der Waals surface area contributed by atoms with E-state index in [1.807, 2.05) is 13.8 Å². The molecule has 0 aromatic carbocycles. The lowest BCUT2D eigenvalue weighted by Gasteiger charge is -2.27. The Kier molecular flexibility index (Phi) is 7.56. The summed E-state index contributed by atoms with van der Waals surface area (Å²) in [5.74, 6) is 0.873. The van der Waals surface area contributed by atoms with Gasteiger partial charge in [-0.05, 0) is 92.5 Å². The van der Waals surface area contributed by atoms with E-state index in [0.717, 1.165) is 38.5 Å². The van der Waals surface area contributed by atoms with Crippen molar-refractivity contribution in [3.63, 3.8) is 0 Å². The molecule has 3 heterocycles. The van der Waals surface area contributed by atoms with Crippen molar-refractivity contribution in [3.05, 3.63) is 36.2 Å². The van der Waals surface area contributed by atoms with Crippen molar-refractivity contribution in [2.75, 3.05) is 5.32 Å². The molecule has 0 aliphatic heterocycles. The van der Waals surface area contributed by atoms with Crippen molar-refractivity contribution in [3.8, 4) is 0 Å². The molecule has 2 amide bonds. The molecule has 0 spiro atoms. The molecule has 1 unspecified atom stereocenters. The van der Waals surface area contributed by atoms with Crippen LogP contribution < -0.4 is 10.6 Å². The van der Waals surface area contributed by atoms with Crippen LogP contribution in [0.5, 0.6) is 0 Å². The number of hydrogen-bond acceptors (Lipinski definition) is 7. The normalized spacial score (nSPS) is 18.7. The Labute approximate surface area is 236 Å².